The number of aliphatic hydroxyl groups excluding tert-OH is 2. The first kappa shape index (κ1) is 41.6. The molecule has 7 nitrogen and oxygen atoms in total. The summed E-state index contributed by atoms with van der Waals surface area (Å²) in [5.41, 5.74) is 3.30. The predicted molar refractivity (Wildman–Crippen MR) is 237 cm³/mol. The van der Waals surface area contributed by atoms with Crippen LogP contribution < -0.4 is 10.6 Å². The minimum absolute atomic E-state index is 0.0592. The van der Waals surface area contributed by atoms with Crippen molar-refractivity contribution in [3.8, 4) is 0 Å². The Morgan fingerprint density at radius 3 is 1.32 bits per heavy atom. The zero-order chi connectivity index (χ0) is 41.5. The fourth-order valence-corrected chi connectivity index (χ4v) is 11.3. The van der Waals surface area contributed by atoms with E-state index >= 15 is 14.4 Å². The quantitative estimate of drug-likeness (QED) is 0.141. The van der Waals surface area contributed by atoms with Crippen LogP contribution in [-0.4, -0.2) is 40.8 Å². The molecule has 0 saturated heterocycles. The van der Waals surface area contributed by atoms with Gasteiger partial charge in [0.15, 0.2) is 17.3 Å². The van der Waals surface area contributed by atoms with Crippen molar-refractivity contribution in [1.82, 2.24) is 10.6 Å². The van der Waals surface area contributed by atoms with Gasteiger partial charge in [0.05, 0.1) is 10.8 Å². The van der Waals surface area contributed by atoms with E-state index in [9.17, 15) is 10.2 Å². The van der Waals surface area contributed by atoms with Crippen LogP contribution in [0.4, 0.5) is 0 Å². The van der Waals surface area contributed by atoms with Gasteiger partial charge in [-0.2, -0.15) is 0 Å². The highest BCUT2D eigenvalue weighted by atomic mass is 16.3. The number of rotatable bonds is 14. The summed E-state index contributed by atoms with van der Waals surface area (Å²) >= 11 is 0. The third kappa shape index (κ3) is 8.06. The molecule has 2 heterocycles. The van der Waals surface area contributed by atoms with Gasteiger partial charge in [-0.1, -0.05) is 136 Å². The van der Waals surface area contributed by atoms with Crippen molar-refractivity contribution >= 4 is 17.3 Å². The molecule has 0 amide bonds. The zero-order valence-corrected chi connectivity index (χ0v) is 34.8. The van der Waals surface area contributed by atoms with Crippen LogP contribution in [0.3, 0.4) is 0 Å². The third-order valence-corrected chi connectivity index (χ3v) is 14.2. The topological polar surface area (TPSA) is 116 Å². The highest BCUT2D eigenvalue weighted by molar-refractivity contribution is 6.14. The number of carbonyl (C=O) groups excluding carboxylic acids is 3. The number of benzene rings is 2. The second-order valence-electron chi connectivity index (χ2n) is 17.7. The SMILES string of the molecule is O=C(C1=CC(CCO)(C(=O)C2(CCO)C=C(C(=O)c3ccccc3)C(C3CCCCC3)=CC2C2=CNC=CC2)C(C2=CNC=CC2)C=C1C1CCCCC1)c1ccccc1. The molecule has 0 radical (unpaired) electrons. The lowest BCUT2D eigenvalue weighted by Crippen LogP contribution is -2.53. The van der Waals surface area contributed by atoms with Crippen LogP contribution in [-0.2, 0) is 4.79 Å². The maximum Gasteiger partial charge on any atom is 0.193 e. The van der Waals surface area contributed by atoms with E-state index in [1.165, 1.54) is 0 Å². The Kier molecular flexibility index (Phi) is 12.9. The Labute approximate surface area is 355 Å². The summed E-state index contributed by atoms with van der Waals surface area (Å²) in [5, 5.41) is 29.1. The Morgan fingerprint density at radius 1 is 0.567 bits per heavy atom. The fraction of sp³-hybridized carbons (Fsp3) is 0.415. The highest BCUT2D eigenvalue weighted by Crippen LogP contribution is 2.58. The van der Waals surface area contributed by atoms with Gasteiger partial charge in [-0.3, -0.25) is 14.4 Å². The second kappa shape index (κ2) is 18.7. The number of hydrogen-bond acceptors (Lipinski definition) is 7. The molecule has 8 rings (SSSR count). The summed E-state index contributed by atoms with van der Waals surface area (Å²) in [7, 11) is 0. The molecular weight excluding hydrogens is 745 g/mol. The number of aliphatic hydroxyl groups is 2. The predicted octanol–water partition coefficient (Wildman–Crippen LogP) is 9.97. The van der Waals surface area contributed by atoms with Gasteiger partial charge in [-0.15, -0.1) is 0 Å². The molecule has 2 saturated carbocycles. The number of nitrogens with one attached hydrogen (secondary N) is 2. The van der Waals surface area contributed by atoms with E-state index in [1.54, 1.807) is 0 Å². The molecule has 0 aromatic heterocycles. The van der Waals surface area contributed by atoms with Crippen molar-refractivity contribution < 1.29 is 24.6 Å². The van der Waals surface area contributed by atoms with E-state index in [0.717, 1.165) is 86.5 Å². The van der Waals surface area contributed by atoms with E-state index in [0.29, 0.717) is 35.1 Å². The average Bonchev–Trinajstić information content (AvgIpc) is 3.32. The van der Waals surface area contributed by atoms with Crippen LogP contribution in [0.2, 0.25) is 0 Å². The Balaban J connectivity index is 1.39. The maximum absolute atomic E-state index is 16.9. The van der Waals surface area contributed by atoms with Gasteiger partial charge in [-0.05, 0) is 97.9 Å². The van der Waals surface area contributed by atoms with Crippen molar-refractivity contribution in [2.75, 3.05) is 13.2 Å². The molecule has 2 aromatic carbocycles. The van der Waals surface area contributed by atoms with E-state index < -0.39 is 22.7 Å². The van der Waals surface area contributed by atoms with Gasteiger partial charge in [0.1, 0.15) is 0 Å². The monoisotopic (exact) mass is 804 g/mol. The molecule has 0 spiro atoms. The lowest BCUT2D eigenvalue weighted by Gasteiger charge is -2.50. The van der Waals surface area contributed by atoms with Crippen LogP contribution in [0.25, 0.3) is 0 Å². The van der Waals surface area contributed by atoms with Gasteiger partial charge in [0, 0.05) is 59.7 Å². The maximum atomic E-state index is 16.9. The van der Waals surface area contributed by atoms with E-state index in [1.807, 2.05) is 97.6 Å². The molecule has 2 aliphatic heterocycles. The van der Waals surface area contributed by atoms with Crippen LogP contribution >= 0.6 is 0 Å². The molecule has 60 heavy (non-hydrogen) atoms. The van der Waals surface area contributed by atoms with Crippen molar-refractivity contribution in [2.24, 2.45) is 34.5 Å². The fourth-order valence-electron chi connectivity index (χ4n) is 11.3. The van der Waals surface area contributed by atoms with Crippen LogP contribution in [0.5, 0.6) is 0 Å². The second-order valence-corrected chi connectivity index (χ2v) is 17.7. The molecule has 4 N–H and O–H groups in total. The Bertz CT molecular complexity index is 2020. The molecular formula is C53H60N2O5. The van der Waals surface area contributed by atoms with Gasteiger partial charge >= 0.3 is 0 Å². The minimum atomic E-state index is -1.41. The Morgan fingerprint density at radius 2 is 0.967 bits per heavy atom. The number of carbonyl (C=O) groups is 3. The number of dihydropyridines is 2. The van der Waals surface area contributed by atoms with Crippen molar-refractivity contribution in [3.05, 3.63) is 166 Å². The third-order valence-electron chi connectivity index (χ3n) is 14.2. The van der Waals surface area contributed by atoms with Crippen LogP contribution in [0.1, 0.15) is 111 Å². The first-order chi connectivity index (χ1) is 29.4. The minimum Gasteiger partial charge on any atom is -0.396 e. The molecule has 2 fully saturated rings. The summed E-state index contributed by atoms with van der Waals surface area (Å²) in [4.78, 5) is 47.0. The Hall–Kier alpha value is -5.11. The number of ketones is 3. The summed E-state index contributed by atoms with van der Waals surface area (Å²) < 4.78 is 0. The van der Waals surface area contributed by atoms with E-state index in [-0.39, 0.29) is 55.2 Å². The van der Waals surface area contributed by atoms with Crippen molar-refractivity contribution in [1.29, 1.82) is 0 Å². The van der Waals surface area contributed by atoms with E-state index in [2.05, 4.69) is 34.9 Å². The summed E-state index contributed by atoms with van der Waals surface area (Å²) in [6.07, 6.45) is 32.0. The molecule has 4 unspecified atom stereocenters. The average molecular weight is 805 g/mol. The standard InChI is InChI=1S/C53H60N2O5/c56-29-25-52(33-45(49(58)39-19-9-3-10-20-39)43(37-15-5-1-6-16-37)31-47(52)41-23-13-27-54-35-41)51(60)53(26-30-57)34-46(50(59)40-21-11-4-12-22-40)44(38-17-7-2-8-18-38)32-48(53)42-24-14-28-55-36-42/h3-4,9-14,19-22,27-28,31-38,47-48,54-57H,1-2,5-8,15-18,23-26,29-30H2. The summed E-state index contributed by atoms with van der Waals surface area (Å²) in [6.45, 7) is -0.603. The summed E-state index contributed by atoms with van der Waals surface area (Å²) in [6, 6.07) is 18.6. The van der Waals surface area contributed by atoms with Gasteiger partial charge in [0.25, 0.3) is 0 Å². The number of hydrogen-bond donors (Lipinski definition) is 4. The van der Waals surface area contributed by atoms with Gasteiger partial charge in [-0.25, -0.2) is 0 Å². The van der Waals surface area contributed by atoms with Crippen LogP contribution in [0.15, 0.2) is 155 Å². The van der Waals surface area contributed by atoms with Crippen molar-refractivity contribution in [3.63, 3.8) is 0 Å². The zero-order valence-electron chi connectivity index (χ0n) is 34.8. The first-order valence-corrected chi connectivity index (χ1v) is 22.5. The molecule has 7 heteroatoms. The molecule has 2 aromatic rings. The van der Waals surface area contributed by atoms with Crippen molar-refractivity contribution in [2.45, 2.75) is 89.9 Å². The largest absolute Gasteiger partial charge is 0.396 e. The lowest BCUT2D eigenvalue weighted by atomic mass is 9.51. The molecule has 312 valence electrons. The van der Waals surface area contributed by atoms with Gasteiger partial charge in [0.2, 0.25) is 0 Å². The van der Waals surface area contributed by atoms with E-state index in [4.69, 9.17) is 0 Å². The molecule has 4 aliphatic carbocycles. The van der Waals surface area contributed by atoms with Gasteiger partial charge < -0.3 is 20.8 Å². The lowest BCUT2D eigenvalue weighted by molar-refractivity contribution is -0.139. The highest BCUT2D eigenvalue weighted by Gasteiger charge is 2.58. The normalized spacial score (nSPS) is 27.2. The van der Waals surface area contributed by atoms with Crippen LogP contribution in [0, 0.1) is 34.5 Å². The smallest absolute Gasteiger partial charge is 0.193 e. The molecule has 4 atom stereocenters. The first-order valence-electron chi connectivity index (χ1n) is 22.5. The number of Topliss-reactive ketones (excluding diaryl/α,β-unsaturated/α-hetero) is 3. The summed E-state index contributed by atoms with van der Waals surface area (Å²) in [5.74, 6) is -1.14. The molecule has 6 aliphatic rings. The number of allylic oxidation sites excluding steroid dienone is 12. The molecule has 0 bridgehead atoms.